The summed E-state index contributed by atoms with van der Waals surface area (Å²) in [6.45, 7) is 12.8. The van der Waals surface area contributed by atoms with Crippen LogP contribution in [0, 0.1) is 19.8 Å². The summed E-state index contributed by atoms with van der Waals surface area (Å²) in [7, 11) is 4.40. The van der Waals surface area contributed by atoms with Gasteiger partial charge in [-0.15, -0.1) is 0 Å². The number of nitrogens with one attached hydrogen (secondary N) is 2. The van der Waals surface area contributed by atoms with E-state index in [-0.39, 0.29) is 6.10 Å². The number of anilines is 4. The van der Waals surface area contributed by atoms with Gasteiger partial charge in [-0.2, -0.15) is 4.98 Å². The molecule has 0 amide bonds. The lowest BCUT2D eigenvalue weighted by atomic mass is 9.80. The molecule has 0 radical (unpaired) electrons. The Hall–Kier alpha value is -3.38. The Morgan fingerprint density at radius 2 is 1.68 bits per heavy atom. The molecule has 1 saturated carbocycles. The third-order valence-corrected chi connectivity index (χ3v) is 7.95. The Balaban J connectivity index is 1.57. The van der Waals surface area contributed by atoms with E-state index in [0.717, 1.165) is 34.9 Å². The molecule has 6 nitrogen and oxygen atoms in total. The van der Waals surface area contributed by atoms with E-state index >= 15 is 0 Å². The van der Waals surface area contributed by atoms with Crippen LogP contribution in [0.3, 0.4) is 0 Å². The topological polar surface area (TPSA) is 62.3 Å². The van der Waals surface area contributed by atoms with Crippen LogP contribution in [-0.4, -0.2) is 41.1 Å². The summed E-state index contributed by atoms with van der Waals surface area (Å²) in [5.74, 6) is 3.30. The monoisotopic (exact) mass is 555 g/mol. The predicted octanol–water partition coefficient (Wildman–Crippen LogP) is 8.71. The Morgan fingerprint density at radius 1 is 0.951 bits per heavy atom. The van der Waals surface area contributed by atoms with E-state index in [1.54, 1.807) is 0 Å². The lowest BCUT2D eigenvalue weighted by Crippen LogP contribution is -2.31. The van der Waals surface area contributed by atoms with Gasteiger partial charge in [0.05, 0.1) is 11.8 Å². The highest BCUT2D eigenvalue weighted by atomic mass is 16.5. The smallest absolute Gasteiger partial charge is 0.229 e. The Kier molecular flexibility index (Phi) is 10.4. The quantitative estimate of drug-likeness (QED) is 0.231. The van der Waals surface area contributed by atoms with Crippen molar-refractivity contribution < 1.29 is 4.74 Å². The fraction of sp³-hybridized carbons (Fsp3) is 0.486. The maximum atomic E-state index is 6.33. The SMILES string of the molecule is Cc1cc(Nc2ncc(C)c(Nc3ccccc3C/C=C/C(C)C)n2)c(OC(C)C)cc1C1CCC(N(C)C)CC1. The van der Waals surface area contributed by atoms with Crippen LogP contribution in [0.1, 0.15) is 81.5 Å². The molecule has 0 atom stereocenters. The average Bonchev–Trinajstić information content (AvgIpc) is 2.92. The summed E-state index contributed by atoms with van der Waals surface area (Å²) in [5.41, 5.74) is 6.86. The number of allylic oxidation sites excluding steroid dienone is 2. The largest absolute Gasteiger partial charge is 0.489 e. The molecule has 0 spiro atoms. The molecule has 0 saturated heterocycles. The summed E-state index contributed by atoms with van der Waals surface area (Å²) >= 11 is 0. The van der Waals surface area contributed by atoms with Crippen LogP contribution in [0.5, 0.6) is 5.75 Å². The number of aromatic nitrogens is 2. The summed E-state index contributed by atoms with van der Waals surface area (Å²) in [5, 5.41) is 7.05. The molecule has 0 unspecified atom stereocenters. The molecular formula is C35H49N5O. The van der Waals surface area contributed by atoms with E-state index in [2.05, 4.69) is 118 Å². The molecule has 1 aromatic heterocycles. The molecule has 2 N–H and O–H groups in total. The fourth-order valence-corrected chi connectivity index (χ4v) is 5.66. The Labute approximate surface area is 247 Å². The Bertz CT molecular complexity index is 1320. The second-order valence-corrected chi connectivity index (χ2v) is 12.3. The molecule has 0 bridgehead atoms. The highest BCUT2D eigenvalue weighted by Crippen LogP contribution is 2.40. The number of rotatable bonds is 11. The molecule has 1 fully saturated rings. The first-order valence-electron chi connectivity index (χ1n) is 15.2. The second kappa shape index (κ2) is 14.0. The van der Waals surface area contributed by atoms with Gasteiger partial charge in [0.15, 0.2) is 0 Å². The van der Waals surface area contributed by atoms with Gasteiger partial charge in [-0.25, -0.2) is 4.98 Å². The third kappa shape index (κ3) is 8.32. The van der Waals surface area contributed by atoms with E-state index in [1.165, 1.54) is 42.4 Å². The molecule has 220 valence electrons. The van der Waals surface area contributed by atoms with Crippen molar-refractivity contribution in [1.82, 2.24) is 14.9 Å². The zero-order valence-electron chi connectivity index (χ0n) is 26.3. The van der Waals surface area contributed by atoms with Gasteiger partial charge in [0.2, 0.25) is 5.95 Å². The summed E-state index contributed by atoms with van der Waals surface area (Å²) < 4.78 is 6.33. The number of aryl methyl sites for hydroxylation is 2. The highest BCUT2D eigenvalue weighted by molar-refractivity contribution is 5.68. The lowest BCUT2D eigenvalue weighted by molar-refractivity contribution is 0.215. The van der Waals surface area contributed by atoms with Crippen molar-refractivity contribution in [2.24, 2.45) is 5.92 Å². The Morgan fingerprint density at radius 3 is 2.37 bits per heavy atom. The van der Waals surface area contributed by atoms with Crippen molar-refractivity contribution in [3.63, 3.8) is 0 Å². The minimum atomic E-state index is 0.0630. The first-order chi connectivity index (χ1) is 19.6. The number of para-hydroxylation sites is 1. The molecule has 4 rings (SSSR count). The molecule has 41 heavy (non-hydrogen) atoms. The molecule has 1 heterocycles. The predicted molar refractivity (Wildman–Crippen MR) is 173 cm³/mol. The number of benzene rings is 2. The second-order valence-electron chi connectivity index (χ2n) is 12.3. The van der Waals surface area contributed by atoms with Gasteiger partial charge in [0.1, 0.15) is 11.6 Å². The molecular weight excluding hydrogens is 506 g/mol. The average molecular weight is 556 g/mol. The highest BCUT2D eigenvalue weighted by Gasteiger charge is 2.26. The zero-order chi connectivity index (χ0) is 29.5. The fourth-order valence-electron chi connectivity index (χ4n) is 5.66. The van der Waals surface area contributed by atoms with Crippen LogP contribution in [0.2, 0.25) is 0 Å². The first kappa shape index (κ1) is 30.6. The van der Waals surface area contributed by atoms with Crippen LogP contribution >= 0.6 is 0 Å². The van der Waals surface area contributed by atoms with Crippen molar-refractivity contribution in [3.05, 3.63) is 77.0 Å². The van der Waals surface area contributed by atoms with E-state index in [4.69, 9.17) is 9.72 Å². The van der Waals surface area contributed by atoms with Crippen molar-refractivity contribution in [2.75, 3.05) is 24.7 Å². The minimum Gasteiger partial charge on any atom is -0.489 e. The van der Waals surface area contributed by atoms with E-state index in [0.29, 0.717) is 23.8 Å². The normalized spacial score (nSPS) is 17.5. The molecule has 3 aromatic rings. The van der Waals surface area contributed by atoms with E-state index in [9.17, 15) is 0 Å². The summed E-state index contributed by atoms with van der Waals surface area (Å²) in [6, 6.07) is 13.6. The molecule has 2 aromatic carbocycles. The van der Waals surface area contributed by atoms with Crippen LogP contribution in [0.25, 0.3) is 0 Å². The number of ether oxygens (including phenoxy) is 1. The summed E-state index contributed by atoms with van der Waals surface area (Å²) in [6.07, 6.45) is 12.2. The van der Waals surface area contributed by atoms with Crippen molar-refractivity contribution in [1.29, 1.82) is 0 Å². The minimum absolute atomic E-state index is 0.0630. The van der Waals surface area contributed by atoms with Gasteiger partial charge in [0.25, 0.3) is 0 Å². The van der Waals surface area contributed by atoms with E-state index in [1.807, 2.05) is 13.1 Å². The van der Waals surface area contributed by atoms with Crippen LogP contribution in [0.15, 0.2) is 54.7 Å². The van der Waals surface area contributed by atoms with Gasteiger partial charge in [-0.05, 0) is 121 Å². The first-order valence-corrected chi connectivity index (χ1v) is 15.2. The number of hydrogen-bond acceptors (Lipinski definition) is 6. The van der Waals surface area contributed by atoms with Crippen LogP contribution < -0.4 is 15.4 Å². The van der Waals surface area contributed by atoms with Gasteiger partial charge in [0, 0.05) is 23.5 Å². The van der Waals surface area contributed by atoms with Gasteiger partial charge in [-0.1, -0.05) is 44.2 Å². The maximum Gasteiger partial charge on any atom is 0.229 e. The van der Waals surface area contributed by atoms with Crippen molar-refractivity contribution in [2.45, 2.75) is 91.7 Å². The van der Waals surface area contributed by atoms with Crippen LogP contribution in [0.4, 0.5) is 23.1 Å². The molecule has 0 aliphatic heterocycles. The zero-order valence-corrected chi connectivity index (χ0v) is 26.3. The lowest BCUT2D eigenvalue weighted by Gasteiger charge is -2.33. The molecule has 6 heteroatoms. The standard InChI is InChI=1S/C35H49N5O/c1-23(2)12-11-14-28-13-9-10-15-31(28)37-34-26(6)22-36-35(39-34)38-32-20-25(5)30(21-33(32)41-24(3)4)27-16-18-29(19-17-27)40(7)8/h9-13,15,20-24,27,29H,14,16-19H2,1-8H3,(H2,36,37,38,39)/b12-11+. The van der Waals surface area contributed by atoms with Crippen molar-refractivity contribution >= 4 is 23.1 Å². The van der Waals surface area contributed by atoms with Crippen molar-refractivity contribution in [3.8, 4) is 5.75 Å². The van der Waals surface area contributed by atoms with Gasteiger partial charge in [-0.3, -0.25) is 0 Å². The maximum absolute atomic E-state index is 6.33. The number of hydrogen-bond donors (Lipinski definition) is 2. The van der Waals surface area contributed by atoms with Gasteiger partial charge >= 0.3 is 0 Å². The molecule has 1 aliphatic rings. The number of nitrogens with zero attached hydrogens (tertiary/aromatic N) is 3. The molecule has 1 aliphatic carbocycles. The van der Waals surface area contributed by atoms with Gasteiger partial charge < -0.3 is 20.3 Å². The van der Waals surface area contributed by atoms with E-state index < -0.39 is 0 Å². The van der Waals surface area contributed by atoms with Crippen LogP contribution in [-0.2, 0) is 6.42 Å². The third-order valence-electron chi connectivity index (χ3n) is 7.95. The summed E-state index contributed by atoms with van der Waals surface area (Å²) in [4.78, 5) is 11.9.